The lowest BCUT2D eigenvalue weighted by Gasteiger charge is -2.32. The highest BCUT2D eigenvalue weighted by molar-refractivity contribution is 5.60. The second-order valence-electron chi connectivity index (χ2n) is 4.15. The molecule has 0 saturated carbocycles. The van der Waals surface area contributed by atoms with Gasteiger partial charge in [0.15, 0.2) is 0 Å². The third-order valence-electron chi connectivity index (χ3n) is 2.73. The number of nitrogens with two attached hydrogens (primary N) is 1. The largest absolute Gasteiger partial charge is 0.487 e. The average Bonchev–Trinajstić information content (AvgIpc) is 2.17. The molecular weight excluding hydrogens is 188 g/mol. The molecule has 1 aromatic rings. The molecule has 1 heterocycles. The first kappa shape index (κ1) is 10.3. The van der Waals surface area contributed by atoms with E-state index in [9.17, 15) is 0 Å². The zero-order valence-electron chi connectivity index (χ0n) is 9.36. The zero-order valence-corrected chi connectivity index (χ0v) is 9.36. The summed E-state index contributed by atoms with van der Waals surface area (Å²) in [6.07, 6.45) is 1.17. The van der Waals surface area contributed by atoms with E-state index >= 15 is 0 Å². The van der Waals surface area contributed by atoms with Gasteiger partial charge in [0, 0.05) is 7.05 Å². The summed E-state index contributed by atoms with van der Waals surface area (Å²) in [5.74, 6) is 0.988. The van der Waals surface area contributed by atoms with Crippen LogP contribution in [-0.4, -0.2) is 26.2 Å². The van der Waals surface area contributed by atoms with Crippen LogP contribution in [0.2, 0.25) is 0 Å². The van der Waals surface area contributed by atoms with Crippen LogP contribution in [0.15, 0.2) is 18.2 Å². The number of ether oxygens (including phenoxy) is 1. The molecule has 3 nitrogen and oxygen atoms in total. The number of fused-ring (bicyclic) bond motifs is 1. The number of hydrogen-bond donors (Lipinski definition) is 1. The van der Waals surface area contributed by atoms with Gasteiger partial charge in [-0.1, -0.05) is 6.07 Å². The summed E-state index contributed by atoms with van der Waals surface area (Å²) in [7, 11) is 2.10. The average molecular weight is 206 g/mol. The lowest BCUT2D eigenvalue weighted by atomic mass is 10.1. The Balaban J connectivity index is 2.30. The number of hydrogen-bond acceptors (Lipinski definition) is 3. The van der Waals surface area contributed by atoms with Crippen molar-refractivity contribution in [2.24, 2.45) is 5.73 Å². The molecule has 0 bridgehead atoms. The molecule has 0 amide bonds. The van der Waals surface area contributed by atoms with Crippen molar-refractivity contribution in [2.45, 2.75) is 19.4 Å². The van der Waals surface area contributed by atoms with E-state index < -0.39 is 0 Å². The minimum absolute atomic E-state index is 0.260. The monoisotopic (exact) mass is 206 g/mol. The van der Waals surface area contributed by atoms with Crippen molar-refractivity contribution < 1.29 is 4.74 Å². The van der Waals surface area contributed by atoms with E-state index in [1.807, 2.05) is 0 Å². The van der Waals surface area contributed by atoms with Crippen molar-refractivity contribution in [3.8, 4) is 5.75 Å². The fourth-order valence-corrected chi connectivity index (χ4v) is 2.03. The minimum atomic E-state index is 0.260. The lowest BCUT2D eigenvalue weighted by Crippen LogP contribution is -2.35. The van der Waals surface area contributed by atoms with Gasteiger partial charge in [0.1, 0.15) is 11.9 Å². The van der Waals surface area contributed by atoms with Gasteiger partial charge in [-0.2, -0.15) is 0 Å². The Morgan fingerprint density at radius 2 is 2.33 bits per heavy atom. The Morgan fingerprint density at radius 3 is 3.07 bits per heavy atom. The molecule has 82 valence electrons. The standard InChI is InChI=1S/C12H18N2O/c1-9-8-14(2)11-4-3-10(5-6-13)7-12(11)15-9/h3-4,7,9H,5-6,8,13H2,1-2H3. The zero-order chi connectivity index (χ0) is 10.8. The summed E-state index contributed by atoms with van der Waals surface area (Å²) >= 11 is 0. The summed E-state index contributed by atoms with van der Waals surface area (Å²) in [6.45, 7) is 3.72. The van der Waals surface area contributed by atoms with Gasteiger partial charge in [0.2, 0.25) is 0 Å². The van der Waals surface area contributed by atoms with Crippen LogP contribution < -0.4 is 15.4 Å². The van der Waals surface area contributed by atoms with Crippen molar-refractivity contribution in [3.63, 3.8) is 0 Å². The summed E-state index contributed by atoms with van der Waals surface area (Å²) in [5.41, 5.74) is 7.96. The van der Waals surface area contributed by atoms with Crippen molar-refractivity contribution in [1.29, 1.82) is 0 Å². The van der Waals surface area contributed by atoms with Crippen LogP contribution in [0.3, 0.4) is 0 Å². The molecule has 3 heteroatoms. The second kappa shape index (κ2) is 4.11. The molecule has 0 aliphatic carbocycles. The van der Waals surface area contributed by atoms with Crippen LogP contribution in [0.25, 0.3) is 0 Å². The van der Waals surface area contributed by atoms with Gasteiger partial charge in [-0.05, 0) is 37.6 Å². The van der Waals surface area contributed by atoms with Gasteiger partial charge in [-0.3, -0.25) is 0 Å². The number of likely N-dealkylation sites (N-methyl/N-ethyl adjacent to an activating group) is 1. The van der Waals surface area contributed by atoms with Gasteiger partial charge < -0.3 is 15.4 Å². The molecule has 2 N–H and O–H groups in total. The van der Waals surface area contributed by atoms with Crippen molar-refractivity contribution in [3.05, 3.63) is 23.8 Å². The molecular formula is C12H18N2O. The first-order valence-electron chi connectivity index (χ1n) is 5.41. The number of rotatable bonds is 2. The molecule has 0 saturated heterocycles. The van der Waals surface area contributed by atoms with Crippen LogP contribution in [0, 0.1) is 0 Å². The highest BCUT2D eigenvalue weighted by Crippen LogP contribution is 2.33. The van der Waals surface area contributed by atoms with E-state index in [0.29, 0.717) is 6.54 Å². The first-order valence-corrected chi connectivity index (χ1v) is 5.41. The Hall–Kier alpha value is -1.22. The number of anilines is 1. The third kappa shape index (κ3) is 2.07. The van der Waals surface area contributed by atoms with Gasteiger partial charge in [-0.25, -0.2) is 0 Å². The van der Waals surface area contributed by atoms with Crippen LogP contribution in [-0.2, 0) is 6.42 Å². The molecule has 15 heavy (non-hydrogen) atoms. The highest BCUT2D eigenvalue weighted by Gasteiger charge is 2.19. The van der Waals surface area contributed by atoms with E-state index in [2.05, 4.69) is 37.1 Å². The topological polar surface area (TPSA) is 38.5 Å². The van der Waals surface area contributed by atoms with Crippen LogP contribution in [0.5, 0.6) is 5.75 Å². The van der Waals surface area contributed by atoms with E-state index in [4.69, 9.17) is 10.5 Å². The maximum absolute atomic E-state index is 5.81. The third-order valence-corrected chi connectivity index (χ3v) is 2.73. The second-order valence-corrected chi connectivity index (χ2v) is 4.15. The molecule has 0 spiro atoms. The maximum atomic E-state index is 5.81. The molecule has 1 aliphatic heterocycles. The SMILES string of the molecule is CC1CN(C)c2ccc(CCN)cc2O1. The molecule has 0 fully saturated rings. The summed E-state index contributed by atoms with van der Waals surface area (Å²) in [6, 6.07) is 6.35. The van der Waals surface area contributed by atoms with Crippen LogP contribution in [0.4, 0.5) is 5.69 Å². The normalized spacial score (nSPS) is 19.7. The molecule has 1 aliphatic rings. The van der Waals surface area contributed by atoms with Crippen molar-refractivity contribution in [2.75, 3.05) is 25.0 Å². The quantitative estimate of drug-likeness (QED) is 0.795. The molecule has 2 rings (SSSR count). The highest BCUT2D eigenvalue weighted by atomic mass is 16.5. The van der Waals surface area contributed by atoms with E-state index in [0.717, 1.165) is 18.7 Å². The molecule has 0 radical (unpaired) electrons. The molecule has 1 aromatic carbocycles. The van der Waals surface area contributed by atoms with Crippen LogP contribution >= 0.6 is 0 Å². The Morgan fingerprint density at radius 1 is 1.53 bits per heavy atom. The Labute approximate surface area is 90.8 Å². The Bertz CT molecular complexity index is 351. The van der Waals surface area contributed by atoms with Gasteiger partial charge in [-0.15, -0.1) is 0 Å². The van der Waals surface area contributed by atoms with Crippen LogP contribution in [0.1, 0.15) is 12.5 Å². The van der Waals surface area contributed by atoms with Crippen molar-refractivity contribution >= 4 is 5.69 Å². The van der Waals surface area contributed by atoms with E-state index in [1.165, 1.54) is 11.3 Å². The maximum Gasteiger partial charge on any atom is 0.143 e. The Kier molecular flexibility index (Phi) is 2.82. The van der Waals surface area contributed by atoms with Gasteiger partial charge in [0.05, 0.1) is 12.2 Å². The minimum Gasteiger partial charge on any atom is -0.487 e. The summed E-state index contributed by atoms with van der Waals surface area (Å²) in [4.78, 5) is 2.23. The summed E-state index contributed by atoms with van der Waals surface area (Å²) < 4.78 is 5.81. The van der Waals surface area contributed by atoms with E-state index in [-0.39, 0.29) is 6.10 Å². The van der Waals surface area contributed by atoms with E-state index in [1.54, 1.807) is 0 Å². The molecule has 0 aromatic heterocycles. The smallest absolute Gasteiger partial charge is 0.143 e. The predicted octanol–water partition coefficient (Wildman–Crippen LogP) is 1.40. The molecule has 1 unspecified atom stereocenters. The van der Waals surface area contributed by atoms with Gasteiger partial charge >= 0.3 is 0 Å². The molecule has 1 atom stereocenters. The number of benzene rings is 1. The fraction of sp³-hybridized carbons (Fsp3) is 0.500. The van der Waals surface area contributed by atoms with Gasteiger partial charge in [0.25, 0.3) is 0 Å². The first-order chi connectivity index (χ1) is 7.20. The fourth-order valence-electron chi connectivity index (χ4n) is 2.03. The lowest BCUT2D eigenvalue weighted by molar-refractivity contribution is 0.215. The number of nitrogens with zero attached hydrogens (tertiary/aromatic N) is 1. The predicted molar refractivity (Wildman–Crippen MR) is 62.6 cm³/mol. The van der Waals surface area contributed by atoms with Crippen molar-refractivity contribution in [1.82, 2.24) is 0 Å². The summed E-state index contributed by atoms with van der Waals surface area (Å²) in [5, 5.41) is 0.